The molecule has 1 aromatic carbocycles. The minimum absolute atomic E-state index is 0.0917. The first-order valence-electron chi connectivity index (χ1n) is 7.32. The highest BCUT2D eigenvalue weighted by atomic mass is 16.1. The number of carbonyl (C=O) groups is 1. The highest BCUT2D eigenvalue weighted by molar-refractivity contribution is 5.83. The minimum atomic E-state index is -0.125. The third kappa shape index (κ3) is 1.89. The summed E-state index contributed by atoms with van der Waals surface area (Å²) in [5.41, 5.74) is 2.98. The van der Waals surface area contributed by atoms with Crippen molar-refractivity contribution in [2.75, 3.05) is 0 Å². The van der Waals surface area contributed by atoms with Crippen molar-refractivity contribution in [3.05, 3.63) is 52.6 Å². The SMILES string of the molecule is CC(=O)[C@@H]1Cc2nc3cc(-c4ccccc4)[nH]c3c(=O)n2C1. The van der Waals surface area contributed by atoms with Crippen LogP contribution in [-0.4, -0.2) is 20.3 Å². The number of H-pyrrole nitrogens is 1. The zero-order valence-corrected chi connectivity index (χ0v) is 12.2. The van der Waals surface area contributed by atoms with Crippen molar-refractivity contribution in [1.29, 1.82) is 0 Å². The van der Waals surface area contributed by atoms with Crippen LogP contribution in [0.3, 0.4) is 0 Å². The Bertz CT molecular complexity index is 938. The monoisotopic (exact) mass is 293 g/mol. The van der Waals surface area contributed by atoms with Gasteiger partial charge in [0.25, 0.3) is 5.56 Å². The van der Waals surface area contributed by atoms with Crippen LogP contribution in [0, 0.1) is 5.92 Å². The fourth-order valence-electron chi connectivity index (χ4n) is 3.04. The predicted octanol–water partition coefficient (Wildman–Crippen LogP) is 2.15. The second-order valence-corrected chi connectivity index (χ2v) is 5.76. The molecule has 5 nitrogen and oxygen atoms in total. The van der Waals surface area contributed by atoms with Gasteiger partial charge in [-0.2, -0.15) is 0 Å². The summed E-state index contributed by atoms with van der Waals surface area (Å²) in [6.45, 7) is 2.01. The normalized spacial score (nSPS) is 16.9. The van der Waals surface area contributed by atoms with E-state index in [9.17, 15) is 9.59 Å². The highest BCUT2D eigenvalue weighted by Crippen LogP contribution is 2.24. The van der Waals surface area contributed by atoms with E-state index in [1.165, 1.54) is 0 Å². The van der Waals surface area contributed by atoms with E-state index in [2.05, 4.69) is 9.97 Å². The Labute approximate surface area is 126 Å². The first kappa shape index (κ1) is 13.0. The van der Waals surface area contributed by atoms with E-state index < -0.39 is 0 Å². The van der Waals surface area contributed by atoms with Gasteiger partial charge in [-0.3, -0.25) is 14.2 Å². The second-order valence-electron chi connectivity index (χ2n) is 5.76. The molecular formula is C17H15N3O2. The number of rotatable bonds is 2. The molecule has 2 aromatic heterocycles. The molecule has 0 saturated heterocycles. The van der Waals surface area contributed by atoms with Gasteiger partial charge >= 0.3 is 0 Å². The van der Waals surface area contributed by atoms with Gasteiger partial charge in [-0.1, -0.05) is 30.3 Å². The lowest BCUT2D eigenvalue weighted by molar-refractivity contribution is -0.120. The molecule has 1 aliphatic heterocycles. The summed E-state index contributed by atoms with van der Waals surface area (Å²) in [7, 11) is 0. The Hall–Kier alpha value is -2.69. The van der Waals surface area contributed by atoms with Crippen molar-refractivity contribution in [2.45, 2.75) is 19.9 Å². The average Bonchev–Trinajstić information content (AvgIpc) is 3.13. The first-order chi connectivity index (χ1) is 10.6. The maximum Gasteiger partial charge on any atom is 0.277 e. The molecule has 0 unspecified atom stereocenters. The van der Waals surface area contributed by atoms with Gasteiger partial charge < -0.3 is 4.98 Å². The molecule has 1 atom stereocenters. The highest BCUT2D eigenvalue weighted by Gasteiger charge is 2.28. The van der Waals surface area contributed by atoms with E-state index in [1.54, 1.807) is 11.5 Å². The predicted molar refractivity (Wildman–Crippen MR) is 83.7 cm³/mol. The average molecular weight is 293 g/mol. The minimum Gasteiger partial charge on any atom is -0.349 e. The molecule has 5 heteroatoms. The number of fused-ring (bicyclic) bond motifs is 2. The quantitative estimate of drug-likeness (QED) is 0.787. The van der Waals surface area contributed by atoms with Crippen molar-refractivity contribution >= 4 is 16.8 Å². The van der Waals surface area contributed by atoms with Crippen molar-refractivity contribution in [3.8, 4) is 11.3 Å². The van der Waals surface area contributed by atoms with E-state index in [4.69, 9.17) is 0 Å². The fraction of sp³-hybridized carbons (Fsp3) is 0.235. The van der Waals surface area contributed by atoms with Gasteiger partial charge in [0, 0.05) is 24.6 Å². The van der Waals surface area contributed by atoms with Crippen molar-refractivity contribution in [2.24, 2.45) is 5.92 Å². The first-order valence-corrected chi connectivity index (χ1v) is 7.32. The van der Waals surface area contributed by atoms with Crippen LogP contribution in [0.4, 0.5) is 0 Å². The molecule has 4 rings (SSSR count). The number of ketones is 1. The van der Waals surface area contributed by atoms with Crippen LogP contribution < -0.4 is 5.56 Å². The number of Topliss-reactive ketones (excluding diaryl/α,β-unsaturated/α-hetero) is 1. The van der Waals surface area contributed by atoms with Gasteiger partial charge in [-0.15, -0.1) is 0 Å². The number of hydrogen-bond acceptors (Lipinski definition) is 3. The lowest BCUT2D eigenvalue weighted by Gasteiger charge is -2.02. The lowest BCUT2D eigenvalue weighted by Crippen LogP contribution is -2.22. The van der Waals surface area contributed by atoms with E-state index >= 15 is 0 Å². The Morgan fingerprint density at radius 3 is 2.82 bits per heavy atom. The molecule has 0 aliphatic carbocycles. The van der Waals surface area contributed by atoms with Crippen LogP contribution in [-0.2, 0) is 17.8 Å². The topological polar surface area (TPSA) is 67.8 Å². The summed E-state index contributed by atoms with van der Waals surface area (Å²) in [6, 6.07) is 11.7. The van der Waals surface area contributed by atoms with Crippen molar-refractivity contribution < 1.29 is 4.79 Å². The summed E-state index contributed by atoms with van der Waals surface area (Å²) in [4.78, 5) is 31.9. The van der Waals surface area contributed by atoms with E-state index in [1.807, 2.05) is 36.4 Å². The number of nitrogens with one attached hydrogen (secondary N) is 1. The number of carbonyl (C=O) groups excluding carboxylic acids is 1. The third-order valence-electron chi connectivity index (χ3n) is 4.31. The Morgan fingerprint density at radius 1 is 1.32 bits per heavy atom. The molecule has 3 aromatic rings. The molecule has 0 bridgehead atoms. The third-order valence-corrected chi connectivity index (χ3v) is 4.31. The van der Waals surface area contributed by atoms with Gasteiger partial charge in [-0.25, -0.2) is 4.98 Å². The number of benzene rings is 1. The molecule has 0 radical (unpaired) electrons. The molecule has 0 fully saturated rings. The molecule has 1 aliphatic rings. The maximum absolute atomic E-state index is 12.6. The zero-order chi connectivity index (χ0) is 15.3. The molecule has 110 valence electrons. The molecule has 0 saturated carbocycles. The standard InChI is InChI=1S/C17H15N3O2/c1-10(21)12-7-15-18-14-8-13(11-5-3-2-4-6-11)19-16(14)17(22)20(15)9-12/h2-6,8,12,19H,7,9H2,1H3/t12-/m1/s1. The van der Waals surface area contributed by atoms with Crippen LogP contribution in [0.15, 0.2) is 41.2 Å². The number of nitrogens with zero attached hydrogens (tertiary/aromatic N) is 2. The molecule has 0 spiro atoms. The van der Waals surface area contributed by atoms with Gasteiger partial charge in [0.15, 0.2) is 0 Å². The number of aromatic amines is 1. The second kappa shape index (κ2) is 4.66. The summed E-state index contributed by atoms with van der Waals surface area (Å²) in [6.07, 6.45) is 0.548. The van der Waals surface area contributed by atoms with Crippen molar-refractivity contribution in [3.63, 3.8) is 0 Å². The summed E-state index contributed by atoms with van der Waals surface area (Å²) >= 11 is 0. The lowest BCUT2D eigenvalue weighted by atomic mass is 10.0. The van der Waals surface area contributed by atoms with Gasteiger partial charge in [0.05, 0.1) is 5.52 Å². The zero-order valence-electron chi connectivity index (χ0n) is 12.2. The van der Waals surface area contributed by atoms with E-state index in [0.29, 0.717) is 29.8 Å². The van der Waals surface area contributed by atoms with Crippen LogP contribution in [0.1, 0.15) is 12.7 Å². The Kier molecular flexibility index (Phi) is 2.76. The van der Waals surface area contributed by atoms with E-state index in [-0.39, 0.29) is 17.3 Å². The van der Waals surface area contributed by atoms with Crippen LogP contribution in [0.2, 0.25) is 0 Å². The van der Waals surface area contributed by atoms with Gasteiger partial charge in [0.2, 0.25) is 0 Å². The molecule has 3 heterocycles. The molecule has 0 amide bonds. The summed E-state index contributed by atoms with van der Waals surface area (Å²) in [5, 5.41) is 0. The fourth-order valence-corrected chi connectivity index (χ4v) is 3.04. The number of hydrogen-bond donors (Lipinski definition) is 1. The number of aromatic nitrogens is 3. The smallest absolute Gasteiger partial charge is 0.277 e. The van der Waals surface area contributed by atoms with Crippen LogP contribution in [0.25, 0.3) is 22.3 Å². The summed E-state index contributed by atoms with van der Waals surface area (Å²) < 4.78 is 1.62. The maximum atomic E-state index is 12.6. The van der Waals surface area contributed by atoms with E-state index in [0.717, 1.165) is 11.3 Å². The van der Waals surface area contributed by atoms with Crippen molar-refractivity contribution in [1.82, 2.24) is 14.5 Å². The largest absolute Gasteiger partial charge is 0.349 e. The molecule has 1 N–H and O–H groups in total. The van der Waals surface area contributed by atoms with Gasteiger partial charge in [0.1, 0.15) is 17.1 Å². The Balaban J connectivity index is 1.86. The molecule has 22 heavy (non-hydrogen) atoms. The Morgan fingerprint density at radius 2 is 2.09 bits per heavy atom. The molecular weight excluding hydrogens is 278 g/mol. The van der Waals surface area contributed by atoms with Gasteiger partial charge in [-0.05, 0) is 18.6 Å². The van der Waals surface area contributed by atoms with Crippen LogP contribution in [0.5, 0.6) is 0 Å². The summed E-state index contributed by atoms with van der Waals surface area (Å²) in [5.74, 6) is 0.690. The van der Waals surface area contributed by atoms with Crippen LogP contribution >= 0.6 is 0 Å².